The molecule has 1 aromatic carbocycles. The van der Waals surface area contributed by atoms with Gasteiger partial charge in [-0.2, -0.15) is 5.26 Å². The molecular formula is C15H15N5O3. The molecule has 3 N–H and O–H groups in total. The summed E-state index contributed by atoms with van der Waals surface area (Å²) in [6, 6.07) is 8.54. The molecule has 118 valence electrons. The smallest absolute Gasteiger partial charge is 0.332 e. The Labute approximate surface area is 131 Å². The number of hydrogen-bond acceptors (Lipinski definition) is 5. The van der Waals surface area contributed by atoms with E-state index in [-0.39, 0.29) is 17.8 Å². The van der Waals surface area contributed by atoms with Crippen LogP contribution in [-0.4, -0.2) is 15.0 Å². The molecule has 0 bridgehead atoms. The maximum atomic E-state index is 12.0. The fraction of sp³-hybridized carbons (Fsp3) is 0.200. The van der Waals surface area contributed by atoms with E-state index in [0.717, 1.165) is 10.1 Å². The Bertz CT molecular complexity index is 916. The number of benzene rings is 1. The lowest BCUT2D eigenvalue weighted by Gasteiger charge is -2.13. The molecule has 1 amide bonds. The van der Waals surface area contributed by atoms with E-state index in [0.29, 0.717) is 5.69 Å². The average molecular weight is 313 g/mol. The molecule has 0 aliphatic carbocycles. The van der Waals surface area contributed by atoms with Gasteiger partial charge in [0.25, 0.3) is 5.56 Å². The number of aromatic nitrogens is 2. The van der Waals surface area contributed by atoms with Gasteiger partial charge in [0.2, 0.25) is 5.91 Å². The van der Waals surface area contributed by atoms with Gasteiger partial charge in [-0.15, -0.1) is 0 Å². The minimum Gasteiger partial charge on any atom is -0.369 e. The van der Waals surface area contributed by atoms with Crippen LogP contribution in [0.3, 0.4) is 0 Å². The lowest BCUT2D eigenvalue weighted by atomic mass is 10.1. The molecule has 0 radical (unpaired) electrons. The standard InChI is InChI=1S/C15H15N5O3/c1-19-13(11(8-16)14(22)20(2)15(19)23)18-10-5-3-9(4-6-10)7-12(17)21/h3-6,18H,7H2,1-2H3,(H2,17,21). The third-order valence-electron chi connectivity index (χ3n) is 3.37. The number of nitrogens with two attached hydrogens (primary N) is 1. The highest BCUT2D eigenvalue weighted by atomic mass is 16.2. The van der Waals surface area contributed by atoms with Crippen LogP contribution < -0.4 is 22.3 Å². The predicted molar refractivity (Wildman–Crippen MR) is 84.3 cm³/mol. The number of nitriles is 1. The van der Waals surface area contributed by atoms with Crippen molar-refractivity contribution in [3.63, 3.8) is 0 Å². The van der Waals surface area contributed by atoms with E-state index in [2.05, 4.69) is 5.32 Å². The summed E-state index contributed by atoms with van der Waals surface area (Å²) in [5, 5.41) is 12.1. The Morgan fingerprint density at radius 3 is 2.35 bits per heavy atom. The third kappa shape index (κ3) is 3.13. The van der Waals surface area contributed by atoms with Crippen LogP contribution in [0.15, 0.2) is 33.9 Å². The first kappa shape index (κ1) is 16.0. The molecule has 0 aliphatic rings. The normalized spacial score (nSPS) is 10.1. The van der Waals surface area contributed by atoms with Crippen LogP contribution in [0.5, 0.6) is 0 Å². The maximum Gasteiger partial charge on any atom is 0.332 e. The van der Waals surface area contributed by atoms with Gasteiger partial charge < -0.3 is 11.1 Å². The predicted octanol–water partition coefficient (Wildman–Crippen LogP) is -0.273. The summed E-state index contributed by atoms with van der Waals surface area (Å²) in [4.78, 5) is 34.8. The quantitative estimate of drug-likeness (QED) is 0.804. The third-order valence-corrected chi connectivity index (χ3v) is 3.37. The highest BCUT2D eigenvalue weighted by Gasteiger charge is 2.15. The Morgan fingerprint density at radius 1 is 1.22 bits per heavy atom. The summed E-state index contributed by atoms with van der Waals surface area (Å²) in [7, 11) is 2.78. The van der Waals surface area contributed by atoms with Crippen molar-refractivity contribution in [2.75, 3.05) is 5.32 Å². The van der Waals surface area contributed by atoms with Crippen molar-refractivity contribution in [3.05, 3.63) is 56.2 Å². The minimum atomic E-state index is -0.663. The minimum absolute atomic E-state index is 0.114. The van der Waals surface area contributed by atoms with Gasteiger partial charge in [0.05, 0.1) is 6.42 Å². The number of carbonyl (C=O) groups is 1. The zero-order chi connectivity index (χ0) is 17.1. The van der Waals surface area contributed by atoms with Crippen molar-refractivity contribution in [2.24, 2.45) is 19.8 Å². The molecule has 1 heterocycles. The van der Waals surface area contributed by atoms with E-state index in [9.17, 15) is 19.6 Å². The summed E-state index contributed by atoms with van der Waals surface area (Å²) in [6.45, 7) is 0. The molecule has 0 fully saturated rings. The highest BCUT2D eigenvalue weighted by Crippen LogP contribution is 2.17. The van der Waals surface area contributed by atoms with Crippen LogP contribution in [0.25, 0.3) is 0 Å². The van der Waals surface area contributed by atoms with Gasteiger partial charge in [-0.05, 0) is 17.7 Å². The van der Waals surface area contributed by atoms with Gasteiger partial charge in [0, 0.05) is 19.8 Å². The Morgan fingerprint density at radius 2 is 1.83 bits per heavy atom. The number of amides is 1. The Kier molecular flexibility index (Phi) is 4.32. The molecule has 0 atom stereocenters. The number of carbonyl (C=O) groups excluding carboxylic acids is 1. The highest BCUT2D eigenvalue weighted by molar-refractivity contribution is 5.76. The summed E-state index contributed by atoms with van der Waals surface area (Å²) in [5.74, 6) is -0.324. The number of primary amides is 1. The largest absolute Gasteiger partial charge is 0.369 e. The number of anilines is 2. The monoisotopic (exact) mass is 313 g/mol. The van der Waals surface area contributed by atoms with Gasteiger partial charge in [0.1, 0.15) is 11.9 Å². The van der Waals surface area contributed by atoms with E-state index in [1.165, 1.54) is 18.7 Å². The SMILES string of the molecule is Cn1c(Nc2ccc(CC(N)=O)cc2)c(C#N)c(=O)n(C)c1=O. The molecule has 0 aliphatic heterocycles. The number of rotatable bonds is 4. The second kappa shape index (κ2) is 6.19. The number of nitrogens with one attached hydrogen (secondary N) is 1. The van der Waals surface area contributed by atoms with Gasteiger partial charge >= 0.3 is 5.69 Å². The number of hydrogen-bond donors (Lipinski definition) is 2. The van der Waals surface area contributed by atoms with Crippen molar-refractivity contribution in [1.82, 2.24) is 9.13 Å². The van der Waals surface area contributed by atoms with Crippen molar-refractivity contribution in [1.29, 1.82) is 5.26 Å². The Hall–Kier alpha value is -3.34. The van der Waals surface area contributed by atoms with E-state index in [1.54, 1.807) is 24.3 Å². The molecule has 2 aromatic rings. The fourth-order valence-corrected chi connectivity index (χ4v) is 2.14. The summed E-state index contributed by atoms with van der Waals surface area (Å²) in [6.07, 6.45) is 0.119. The van der Waals surface area contributed by atoms with Crippen molar-refractivity contribution in [2.45, 2.75) is 6.42 Å². The first-order chi connectivity index (χ1) is 10.8. The van der Waals surface area contributed by atoms with Crippen LogP contribution in [-0.2, 0) is 25.3 Å². The van der Waals surface area contributed by atoms with Crippen molar-refractivity contribution < 1.29 is 4.79 Å². The lowest BCUT2D eigenvalue weighted by Crippen LogP contribution is -2.39. The molecule has 23 heavy (non-hydrogen) atoms. The van der Waals surface area contributed by atoms with E-state index in [4.69, 9.17) is 5.73 Å². The molecular weight excluding hydrogens is 298 g/mol. The van der Waals surface area contributed by atoms with E-state index in [1.807, 2.05) is 6.07 Å². The van der Waals surface area contributed by atoms with Crippen LogP contribution in [0.4, 0.5) is 11.5 Å². The van der Waals surface area contributed by atoms with Gasteiger partial charge in [-0.3, -0.25) is 18.7 Å². The second-order valence-corrected chi connectivity index (χ2v) is 5.01. The zero-order valence-electron chi connectivity index (χ0n) is 12.7. The van der Waals surface area contributed by atoms with Gasteiger partial charge in [0.15, 0.2) is 5.56 Å². The van der Waals surface area contributed by atoms with Crippen LogP contribution in [0.1, 0.15) is 11.1 Å². The van der Waals surface area contributed by atoms with E-state index >= 15 is 0 Å². The average Bonchev–Trinajstić information content (AvgIpc) is 2.52. The van der Waals surface area contributed by atoms with Gasteiger partial charge in [-0.25, -0.2) is 4.79 Å². The van der Waals surface area contributed by atoms with Gasteiger partial charge in [-0.1, -0.05) is 12.1 Å². The number of nitrogens with zero attached hydrogens (tertiary/aromatic N) is 3. The zero-order valence-corrected chi connectivity index (χ0v) is 12.7. The molecule has 0 saturated heterocycles. The first-order valence-corrected chi connectivity index (χ1v) is 6.69. The summed E-state index contributed by atoms with van der Waals surface area (Å²) < 4.78 is 2.07. The fourth-order valence-electron chi connectivity index (χ4n) is 2.14. The molecule has 8 nitrogen and oxygen atoms in total. The molecule has 2 rings (SSSR count). The lowest BCUT2D eigenvalue weighted by molar-refractivity contribution is -0.117. The van der Waals surface area contributed by atoms with Crippen molar-refractivity contribution >= 4 is 17.4 Å². The Balaban J connectivity index is 2.45. The van der Waals surface area contributed by atoms with Crippen LogP contribution >= 0.6 is 0 Å². The second-order valence-electron chi connectivity index (χ2n) is 5.01. The topological polar surface area (TPSA) is 123 Å². The molecule has 0 unspecified atom stereocenters. The maximum absolute atomic E-state index is 12.0. The molecule has 8 heteroatoms. The van der Waals surface area contributed by atoms with Crippen LogP contribution in [0, 0.1) is 11.3 Å². The molecule has 0 saturated carbocycles. The molecule has 1 aromatic heterocycles. The first-order valence-electron chi connectivity index (χ1n) is 6.69. The van der Waals surface area contributed by atoms with E-state index < -0.39 is 17.2 Å². The van der Waals surface area contributed by atoms with Crippen LogP contribution in [0.2, 0.25) is 0 Å². The molecule has 0 spiro atoms. The summed E-state index contributed by atoms with van der Waals surface area (Å²) >= 11 is 0. The summed E-state index contributed by atoms with van der Waals surface area (Å²) in [5.41, 5.74) is 5.07. The van der Waals surface area contributed by atoms with Crippen molar-refractivity contribution in [3.8, 4) is 6.07 Å².